The lowest BCUT2D eigenvalue weighted by Gasteiger charge is -2.02. The lowest BCUT2D eigenvalue weighted by molar-refractivity contribution is -0.131. The number of carbonyl (C=O) groups is 1. The lowest BCUT2D eigenvalue weighted by Crippen LogP contribution is -2.22. The van der Waals surface area contributed by atoms with Crippen molar-refractivity contribution >= 4 is 5.97 Å². The second-order valence-electron chi connectivity index (χ2n) is 2.86. The molecule has 0 aromatic carbocycles. The zero-order valence-corrected chi connectivity index (χ0v) is 7.67. The van der Waals surface area contributed by atoms with Gasteiger partial charge in [-0.25, -0.2) is 14.6 Å². The Balaban J connectivity index is 2.85. The highest BCUT2D eigenvalue weighted by atomic mass is 16.4. The van der Waals surface area contributed by atoms with Gasteiger partial charge in [0.1, 0.15) is 0 Å². The van der Waals surface area contributed by atoms with Gasteiger partial charge in [0.05, 0.1) is 0 Å². The van der Waals surface area contributed by atoms with Crippen molar-refractivity contribution in [1.29, 1.82) is 0 Å². The molecule has 0 aliphatic heterocycles. The summed E-state index contributed by atoms with van der Waals surface area (Å²) in [5.41, 5.74) is 0.207. The van der Waals surface area contributed by atoms with Crippen LogP contribution in [-0.2, 0) is 11.3 Å². The Hall–Kier alpha value is -1.91. The van der Waals surface area contributed by atoms with Gasteiger partial charge in [-0.2, -0.15) is 0 Å². The minimum Gasteiger partial charge on any atom is -0.478 e. The quantitative estimate of drug-likeness (QED) is 0.701. The van der Waals surface area contributed by atoms with Crippen LogP contribution in [0.4, 0.5) is 0 Å². The molecule has 14 heavy (non-hydrogen) atoms. The summed E-state index contributed by atoms with van der Waals surface area (Å²) >= 11 is 0. The van der Waals surface area contributed by atoms with Gasteiger partial charge in [-0.1, -0.05) is 0 Å². The van der Waals surface area contributed by atoms with Crippen LogP contribution in [-0.4, -0.2) is 20.6 Å². The maximum absolute atomic E-state index is 11.1. The summed E-state index contributed by atoms with van der Waals surface area (Å²) in [7, 11) is 0. The number of aromatic nitrogens is 2. The van der Waals surface area contributed by atoms with Crippen molar-refractivity contribution in [1.82, 2.24) is 9.55 Å². The first-order valence-corrected chi connectivity index (χ1v) is 4.01. The third kappa shape index (κ3) is 2.85. The number of hydrogen-bond acceptors (Lipinski definition) is 3. The zero-order chi connectivity index (χ0) is 10.6. The van der Waals surface area contributed by atoms with Crippen molar-refractivity contribution in [2.24, 2.45) is 0 Å². The van der Waals surface area contributed by atoms with E-state index < -0.39 is 5.97 Å². The maximum Gasteiger partial charge on any atom is 0.347 e. The molecule has 1 rings (SSSR count). The van der Waals surface area contributed by atoms with Crippen LogP contribution in [0.1, 0.15) is 6.92 Å². The third-order valence-electron chi connectivity index (χ3n) is 1.57. The Morgan fingerprint density at radius 2 is 2.43 bits per heavy atom. The number of carboxylic acids is 1. The molecule has 5 heteroatoms. The average molecular weight is 194 g/mol. The van der Waals surface area contributed by atoms with Crippen LogP contribution >= 0.6 is 0 Å². The van der Waals surface area contributed by atoms with Crippen LogP contribution in [0.2, 0.25) is 0 Å². The molecule has 0 fully saturated rings. The first-order chi connectivity index (χ1) is 6.59. The molecule has 1 aromatic rings. The van der Waals surface area contributed by atoms with E-state index in [1.54, 1.807) is 19.2 Å². The van der Waals surface area contributed by atoms with Gasteiger partial charge >= 0.3 is 11.7 Å². The first kappa shape index (κ1) is 10.2. The SMILES string of the molecule is C/C(=C/C(=O)O)Cn1cccnc1=O. The monoisotopic (exact) mass is 194 g/mol. The van der Waals surface area contributed by atoms with Crippen LogP contribution in [0.5, 0.6) is 0 Å². The van der Waals surface area contributed by atoms with Gasteiger partial charge in [-0.3, -0.25) is 4.57 Å². The van der Waals surface area contributed by atoms with E-state index >= 15 is 0 Å². The van der Waals surface area contributed by atoms with E-state index in [1.807, 2.05) is 0 Å². The molecule has 0 saturated heterocycles. The molecule has 0 spiro atoms. The minimum absolute atomic E-state index is 0.249. The van der Waals surface area contributed by atoms with E-state index in [4.69, 9.17) is 5.11 Å². The van der Waals surface area contributed by atoms with Gasteiger partial charge in [-0.15, -0.1) is 0 Å². The van der Waals surface area contributed by atoms with E-state index in [-0.39, 0.29) is 12.2 Å². The third-order valence-corrected chi connectivity index (χ3v) is 1.57. The molecular weight excluding hydrogens is 184 g/mol. The first-order valence-electron chi connectivity index (χ1n) is 4.01. The van der Waals surface area contributed by atoms with E-state index in [1.165, 1.54) is 10.8 Å². The molecule has 0 aliphatic carbocycles. The van der Waals surface area contributed by atoms with Gasteiger partial charge in [0.25, 0.3) is 0 Å². The van der Waals surface area contributed by atoms with E-state index in [9.17, 15) is 9.59 Å². The topological polar surface area (TPSA) is 72.2 Å². The largest absolute Gasteiger partial charge is 0.478 e. The highest BCUT2D eigenvalue weighted by Gasteiger charge is 1.98. The van der Waals surface area contributed by atoms with Crippen LogP contribution in [0.15, 0.2) is 34.9 Å². The van der Waals surface area contributed by atoms with Gasteiger partial charge in [0.15, 0.2) is 0 Å². The summed E-state index contributed by atoms with van der Waals surface area (Å²) in [6, 6.07) is 1.62. The van der Waals surface area contributed by atoms with Crippen molar-refractivity contribution in [2.75, 3.05) is 0 Å². The van der Waals surface area contributed by atoms with Crippen LogP contribution < -0.4 is 5.69 Å². The molecule has 5 nitrogen and oxygen atoms in total. The zero-order valence-electron chi connectivity index (χ0n) is 7.67. The molecule has 0 atom stereocenters. The fraction of sp³-hybridized carbons (Fsp3) is 0.222. The van der Waals surface area contributed by atoms with Crippen LogP contribution in [0.25, 0.3) is 0 Å². The van der Waals surface area contributed by atoms with Crippen LogP contribution in [0.3, 0.4) is 0 Å². The average Bonchev–Trinajstić information content (AvgIpc) is 2.07. The summed E-state index contributed by atoms with van der Waals surface area (Å²) in [5.74, 6) is -1.01. The van der Waals surface area contributed by atoms with Gasteiger partial charge in [0.2, 0.25) is 0 Å². The van der Waals surface area contributed by atoms with Crippen molar-refractivity contribution in [3.63, 3.8) is 0 Å². The van der Waals surface area contributed by atoms with Gasteiger partial charge < -0.3 is 5.11 Å². The molecule has 0 saturated carbocycles. The molecular formula is C9H10N2O3. The lowest BCUT2D eigenvalue weighted by atomic mass is 10.3. The number of allylic oxidation sites excluding steroid dienone is 1. The Kier molecular flexibility index (Phi) is 3.17. The van der Waals surface area contributed by atoms with Gasteiger partial charge in [0, 0.05) is 25.0 Å². The highest BCUT2D eigenvalue weighted by molar-refractivity contribution is 5.80. The van der Waals surface area contributed by atoms with E-state index in [0.29, 0.717) is 5.57 Å². The Morgan fingerprint density at radius 3 is 3.00 bits per heavy atom. The maximum atomic E-state index is 11.1. The van der Waals surface area contributed by atoms with Crippen molar-refractivity contribution in [3.05, 3.63) is 40.6 Å². The van der Waals surface area contributed by atoms with Crippen LogP contribution in [0, 0.1) is 0 Å². The Labute approximate surface area is 80.3 Å². The summed E-state index contributed by atoms with van der Waals surface area (Å²) in [5, 5.41) is 8.45. The Bertz CT molecular complexity index is 420. The summed E-state index contributed by atoms with van der Waals surface area (Å²) < 4.78 is 1.34. The molecule has 0 amide bonds. The fourth-order valence-electron chi connectivity index (χ4n) is 1.03. The standard InChI is InChI=1S/C9H10N2O3/c1-7(5-8(12)13)6-11-4-2-3-10-9(11)14/h2-5H,6H2,1H3,(H,12,13)/b7-5-. The number of hydrogen-bond donors (Lipinski definition) is 1. The predicted octanol–water partition coefficient (Wildman–Crippen LogP) is 0.274. The number of rotatable bonds is 3. The smallest absolute Gasteiger partial charge is 0.347 e. The molecule has 1 N–H and O–H groups in total. The number of nitrogens with zero attached hydrogens (tertiary/aromatic N) is 2. The molecule has 1 aromatic heterocycles. The summed E-state index contributed by atoms with van der Waals surface area (Å²) in [4.78, 5) is 25.0. The molecule has 0 aliphatic rings. The normalized spacial score (nSPS) is 11.4. The molecule has 0 unspecified atom stereocenters. The molecule has 74 valence electrons. The van der Waals surface area contributed by atoms with E-state index in [2.05, 4.69) is 4.98 Å². The summed E-state index contributed by atoms with van der Waals surface area (Å²) in [6.07, 6.45) is 4.03. The summed E-state index contributed by atoms with van der Waals surface area (Å²) in [6.45, 7) is 1.90. The van der Waals surface area contributed by atoms with Crippen molar-refractivity contribution in [3.8, 4) is 0 Å². The number of carboxylic acid groups (broad SMARTS) is 1. The molecule has 1 heterocycles. The van der Waals surface area contributed by atoms with Crippen molar-refractivity contribution in [2.45, 2.75) is 13.5 Å². The fourth-order valence-corrected chi connectivity index (χ4v) is 1.03. The predicted molar refractivity (Wildman–Crippen MR) is 49.9 cm³/mol. The minimum atomic E-state index is -1.01. The highest BCUT2D eigenvalue weighted by Crippen LogP contribution is 1.95. The Morgan fingerprint density at radius 1 is 1.71 bits per heavy atom. The molecule has 0 radical (unpaired) electrons. The van der Waals surface area contributed by atoms with Gasteiger partial charge in [-0.05, 0) is 18.6 Å². The van der Waals surface area contributed by atoms with Crippen molar-refractivity contribution < 1.29 is 9.90 Å². The van der Waals surface area contributed by atoms with E-state index in [0.717, 1.165) is 6.08 Å². The molecule has 0 bridgehead atoms. The number of aliphatic carboxylic acids is 1. The second kappa shape index (κ2) is 4.36. The second-order valence-corrected chi connectivity index (χ2v) is 2.86.